The molecule has 1 aromatic heterocycles. The largest absolute Gasteiger partial charge is 0.338 e. The number of nitrogens with zero attached hydrogens (tertiary/aromatic N) is 4. The first-order valence-corrected chi connectivity index (χ1v) is 10.0. The molecule has 1 heterocycles. The van der Waals surface area contributed by atoms with Crippen LogP contribution in [0.2, 0.25) is 0 Å². The molecule has 0 saturated carbocycles. The number of hydrogen-bond acceptors (Lipinski definition) is 7. The molecule has 34 heavy (non-hydrogen) atoms. The Morgan fingerprint density at radius 2 is 1.41 bits per heavy atom. The highest BCUT2D eigenvalue weighted by Crippen LogP contribution is 2.28. The van der Waals surface area contributed by atoms with Crippen molar-refractivity contribution in [3.63, 3.8) is 0 Å². The van der Waals surface area contributed by atoms with E-state index in [0.29, 0.717) is 28.6 Å². The van der Waals surface area contributed by atoms with Gasteiger partial charge in [0.15, 0.2) is 0 Å². The number of nitro benzene ring substituents is 2. The van der Waals surface area contributed by atoms with Crippen molar-refractivity contribution in [3.8, 4) is 5.69 Å². The van der Waals surface area contributed by atoms with Gasteiger partial charge in [0.25, 0.3) is 17.3 Å². The monoisotopic (exact) mass is 458 g/mol. The number of hydrogen-bond donors (Lipinski definition) is 2. The summed E-state index contributed by atoms with van der Waals surface area (Å²) in [5, 5.41) is 32.3. The summed E-state index contributed by atoms with van der Waals surface area (Å²) >= 11 is 0. The number of anilines is 3. The Kier molecular flexibility index (Phi) is 5.99. The fraction of sp³-hybridized carbons (Fsp3) is 0.0435. The van der Waals surface area contributed by atoms with E-state index in [1.165, 1.54) is 36.4 Å². The van der Waals surface area contributed by atoms with Gasteiger partial charge in [0, 0.05) is 35.9 Å². The van der Waals surface area contributed by atoms with Gasteiger partial charge in [0.05, 0.1) is 32.6 Å². The molecule has 0 aliphatic rings. The van der Waals surface area contributed by atoms with Gasteiger partial charge in [0.1, 0.15) is 5.82 Å². The minimum Gasteiger partial charge on any atom is -0.338 e. The molecular formula is C23H18N6O5. The van der Waals surface area contributed by atoms with Crippen LogP contribution in [-0.2, 0) is 0 Å². The van der Waals surface area contributed by atoms with Crippen molar-refractivity contribution in [2.75, 3.05) is 10.6 Å². The van der Waals surface area contributed by atoms with Crippen LogP contribution in [-0.4, -0.2) is 25.5 Å². The number of rotatable bonds is 7. The fourth-order valence-electron chi connectivity index (χ4n) is 3.27. The van der Waals surface area contributed by atoms with Crippen LogP contribution in [0.5, 0.6) is 0 Å². The predicted molar refractivity (Wildman–Crippen MR) is 126 cm³/mol. The van der Waals surface area contributed by atoms with Gasteiger partial charge >= 0.3 is 0 Å². The maximum Gasteiger partial charge on any atom is 0.269 e. The maximum atomic E-state index is 12.7. The third kappa shape index (κ3) is 4.72. The zero-order valence-corrected chi connectivity index (χ0v) is 17.8. The summed E-state index contributed by atoms with van der Waals surface area (Å²) in [5.41, 5.74) is 2.55. The molecule has 4 aromatic rings. The van der Waals surface area contributed by atoms with E-state index in [2.05, 4.69) is 15.7 Å². The Bertz CT molecular complexity index is 1380. The number of aromatic nitrogens is 2. The second-order valence-electron chi connectivity index (χ2n) is 7.28. The highest BCUT2D eigenvalue weighted by molar-refractivity contribution is 6.06. The number of carbonyl (C=O) groups is 1. The molecule has 0 aliphatic heterocycles. The van der Waals surface area contributed by atoms with E-state index in [0.717, 1.165) is 0 Å². The van der Waals surface area contributed by atoms with Gasteiger partial charge < -0.3 is 10.6 Å². The highest BCUT2D eigenvalue weighted by atomic mass is 16.6. The molecule has 0 aliphatic carbocycles. The quantitative estimate of drug-likeness (QED) is 0.293. The van der Waals surface area contributed by atoms with Crippen LogP contribution in [0.25, 0.3) is 5.69 Å². The van der Waals surface area contributed by atoms with Crippen LogP contribution >= 0.6 is 0 Å². The van der Waals surface area contributed by atoms with Crippen molar-refractivity contribution in [2.24, 2.45) is 0 Å². The minimum atomic E-state index is -0.531. The molecule has 0 spiro atoms. The van der Waals surface area contributed by atoms with Gasteiger partial charge in [-0.05, 0) is 43.3 Å². The molecule has 0 saturated heterocycles. The molecule has 3 aromatic carbocycles. The van der Waals surface area contributed by atoms with E-state index >= 15 is 0 Å². The van der Waals surface area contributed by atoms with Crippen LogP contribution in [0.3, 0.4) is 0 Å². The van der Waals surface area contributed by atoms with Crippen molar-refractivity contribution in [1.29, 1.82) is 0 Å². The molecule has 2 N–H and O–H groups in total. The van der Waals surface area contributed by atoms with Gasteiger partial charge in [0.2, 0.25) is 0 Å². The average molecular weight is 458 g/mol. The Morgan fingerprint density at radius 3 is 2.00 bits per heavy atom. The van der Waals surface area contributed by atoms with Gasteiger partial charge in [-0.15, -0.1) is 0 Å². The van der Waals surface area contributed by atoms with E-state index < -0.39 is 15.8 Å². The second kappa shape index (κ2) is 9.20. The average Bonchev–Trinajstić information content (AvgIpc) is 3.20. The molecule has 0 atom stereocenters. The van der Waals surface area contributed by atoms with Crippen LogP contribution in [0, 0.1) is 27.2 Å². The normalized spacial score (nSPS) is 10.5. The van der Waals surface area contributed by atoms with Crippen LogP contribution in [0.15, 0.2) is 78.9 Å². The van der Waals surface area contributed by atoms with Crippen LogP contribution in [0.1, 0.15) is 16.1 Å². The molecule has 4 rings (SSSR count). The van der Waals surface area contributed by atoms with Gasteiger partial charge in [-0.2, -0.15) is 5.10 Å². The Morgan fingerprint density at radius 1 is 0.853 bits per heavy atom. The lowest BCUT2D eigenvalue weighted by atomic mass is 10.2. The zero-order chi connectivity index (χ0) is 24.2. The summed E-state index contributed by atoms with van der Waals surface area (Å²) in [4.78, 5) is 33.5. The number of non-ortho nitro benzene ring substituents is 2. The topological polar surface area (TPSA) is 145 Å². The molecule has 1 amide bonds. The van der Waals surface area contributed by atoms with Gasteiger partial charge in [-0.3, -0.25) is 25.0 Å². The molecule has 11 heteroatoms. The Labute approximate surface area is 193 Å². The summed E-state index contributed by atoms with van der Waals surface area (Å²) < 4.78 is 1.61. The molecule has 0 fully saturated rings. The Hall–Kier alpha value is -5.06. The number of amides is 1. The van der Waals surface area contributed by atoms with E-state index in [-0.39, 0.29) is 16.9 Å². The van der Waals surface area contributed by atoms with Gasteiger partial charge in [-0.25, -0.2) is 4.68 Å². The fourth-order valence-corrected chi connectivity index (χ4v) is 3.27. The summed E-state index contributed by atoms with van der Waals surface area (Å²) in [6.45, 7) is 1.81. The van der Waals surface area contributed by atoms with Crippen molar-refractivity contribution >= 4 is 34.5 Å². The first-order valence-electron chi connectivity index (χ1n) is 10.0. The summed E-state index contributed by atoms with van der Waals surface area (Å²) in [6, 6.07) is 20.1. The van der Waals surface area contributed by atoms with Crippen molar-refractivity contribution in [1.82, 2.24) is 9.78 Å². The highest BCUT2D eigenvalue weighted by Gasteiger charge is 2.14. The number of nitrogens with one attached hydrogen (secondary N) is 2. The molecule has 11 nitrogen and oxygen atoms in total. The standard InChI is InChI=1S/C23H18N6O5/c1-15-14-22(27(26-15)17-10-12-19(13-11-17)29(33)34)24-20-4-2-3-5-21(20)25-23(30)16-6-8-18(9-7-16)28(31)32/h2-14,24H,1H3,(H,25,30). The third-order valence-electron chi connectivity index (χ3n) is 4.91. The summed E-state index contributed by atoms with van der Waals surface area (Å²) in [5.74, 6) is 0.160. The van der Waals surface area contributed by atoms with E-state index in [1.807, 2.05) is 6.92 Å². The van der Waals surface area contributed by atoms with E-state index in [9.17, 15) is 25.0 Å². The summed E-state index contributed by atoms with van der Waals surface area (Å²) in [7, 11) is 0. The smallest absolute Gasteiger partial charge is 0.269 e. The molecule has 170 valence electrons. The van der Waals surface area contributed by atoms with E-state index in [4.69, 9.17) is 0 Å². The lowest BCUT2D eigenvalue weighted by Gasteiger charge is -2.14. The number of benzene rings is 3. The van der Waals surface area contributed by atoms with Gasteiger partial charge in [-0.1, -0.05) is 12.1 Å². The molecule has 0 unspecified atom stereocenters. The maximum absolute atomic E-state index is 12.7. The Balaban J connectivity index is 1.59. The minimum absolute atomic E-state index is 0.0264. The SMILES string of the molecule is Cc1cc(Nc2ccccc2NC(=O)c2ccc([N+](=O)[O-])cc2)n(-c2ccc([N+](=O)[O-])cc2)n1. The number of para-hydroxylation sites is 2. The van der Waals surface area contributed by atoms with Crippen molar-refractivity contribution < 1.29 is 14.6 Å². The van der Waals surface area contributed by atoms with Crippen LogP contribution < -0.4 is 10.6 Å². The predicted octanol–water partition coefficient (Wildman–Crippen LogP) is 4.99. The number of carbonyl (C=O) groups excluding carboxylic acids is 1. The number of nitro groups is 2. The van der Waals surface area contributed by atoms with Crippen LogP contribution in [0.4, 0.5) is 28.6 Å². The van der Waals surface area contributed by atoms with Crippen molar-refractivity contribution in [3.05, 3.63) is 110 Å². The zero-order valence-electron chi connectivity index (χ0n) is 17.8. The van der Waals surface area contributed by atoms with E-state index in [1.54, 1.807) is 47.1 Å². The van der Waals surface area contributed by atoms with Crippen molar-refractivity contribution in [2.45, 2.75) is 6.92 Å². The molecule has 0 bridgehead atoms. The lowest BCUT2D eigenvalue weighted by molar-refractivity contribution is -0.385. The first-order chi connectivity index (χ1) is 16.3. The lowest BCUT2D eigenvalue weighted by Crippen LogP contribution is -2.13. The molecular weight excluding hydrogens is 440 g/mol. The second-order valence-corrected chi connectivity index (χ2v) is 7.28. The number of aryl methyl sites for hydroxylation is 1. The summed E-state index contributed by atoms with van der Waals surface area (Å²) in [6.07, 6.45) is 0. The molecule has 0 radical (unpaired) electrons. The third-order valence-corrected chi connectivity index (χ3v) is 4.91. The first kappa shape index (κ1) is 22.1.